The second-order valence-electron chi connectivity index (χ2n) is 6.66. The lowest BCUT2D eigenvalue weighted by Crippen LogP contribution is -2.33. The fourth-order valence-corrected chi connectivity index (χ4v) is 3.37. The maximum absolute atomic E-state index is 13.9. The Hall–Kier alpha value is -0.960. The van der Waals surface area contributed by atoms with Crippen molar-refractivity contribution >= 4 is 0 Å². The molecule has 21 heavy (non-hydrogen) atoms. The molecule has 1 saturated carbocycles. The van der Waals surface area contributed by atoms with Crippen LogP contribution in [0.3, 0.4) is 0 Å². The molecule has 0 heterocycles. The predicted octanol–water partition coefficient (Wildman–Crippen LogP) is 4.70. The van der Waals surface area contributed by atoms with Gasteiger partial charge in [0.05, 0.1) is 0 Å². The lowest BCUT2D eigenvalue weighted by Gasteiger charge is -2.26. The third kappa shape index (κ3) is 5.06. The van der Waals surface area contributed by atoms with Crippen LogP contribution in [-0.2, 0) is 6.42 Å². The lowest BCUT2D eigenvalue weighted by molar-refractivity contribution is 0.288. The SMILES string of the molecule is CC(C)NCC1CCCCCC1Cc1cc(F)ccc1F. The first-order valence-electron chi connectivity index (χ1n) is 8.23. The van der Waals surface area contributed by atoms with Crippen molar-refractivity contribution in [1.82, 2.24) is 5.32 Å². The monoisotopic (exact) mass is 295 g/mol. The summed E-state index contributed by atoms with van der Waals surface area (Å²) in [4.78, 5) is 0. The Balaban J connectivity index is 2.07. The molecule has 0 spiro atoms. The smallest absolute Gasteiger partial charge is 0.126 e. The van der Waals surface area contributed by atoms with Gasteiger partial charge in [-0.15, -0.1) is 0 Å². The van der Waals surface area contributed by atoms with Gasteiger partial charge in [0.25, 0.3) is 0 Å². The lowest BCUT2D eigenvalue weighted by atomic mass is 9.83. The van der Waals surface area contributed by atoms with E-state index in [0.717, 1.165) is 13.0 Å². The fraction of sp³-hybridized carbons (Fsp3) is 0.667. The van der Waals surface area contributed by atoms with Crippen molar-refractivity contribution in [3.05, 3.63) is 35.4 Å². The van der Waals surface area contributed by atoms with Crippen LogP contribution in [0, 0.1) is 23.5 Å². The van der Waals surface area contributed by atoms with Gasteiger partial charge < -0.3 is 5.32 Å². The van der Waals surface area contributed by atoms with Gasteiger partial charge >= 0.3 is 0 Å². The van der Waals surface area contributed by atoms with Crippen LogP contribution in [0.25, 0.3) is 0 Å². The predicted molar refractivity (Wildman–Crippen MR) is 83.3 cm³/mol. The van der Waals surface area contributed by atoms with Gasteiger partial charge in [-0.05, 0) is 61.4 Å². The molecule has 118 valence electrons. The molecule has 1 nitrogen and oxygen atoms in total. The number of benzene rings is 1. The highest BCUT2D eigenvalue weighted by molar-refractivity contribution is 5.19. The van der Waals surface area contributed by atoms with Crippen molar-refractivity contribution in [2.75, 3.05) is 6.54 Å². The first-order valence-corrected chi connectivity index (χ1v) is 8.23. The summed E-state index contributed by atoms with van der Waals surface area (Å²) in [6.45, 7) is 5.29. The number of halogens is 2. The normalized spacial score (nSPS) is 23.3. The van der Waals surface area contributed by atoms with Crippen molar-refractivity contribution in [2.24, 2.45) is 11.8 Å². The van der Waals surface area contributed by atoms with E-state index in [2.05, 4.69) is 19.2 Å². The first kappa shape index (κ1) is 16.4. The molecule has 1 N–H and O–H groups in total. The maximum atomic E-state index is 13.9. The van der Waals surface area contributed by atoms with Crippen molar-refractivity contribution in [3.63, 3.8) is 0 Å². The summed E-state index contributed by atoms with van der Waals surface area (Å²) in [6, 6.07) is 4.29. The fourth-order valence-electron chi connectivity index (χ4n) is 3.37. The van der Waals surface area contributed by atoms with E-state index < -0.39 is 0 Å². The Morgan fingerprint density at radius 1 is 1.10 bits per heavy atom. The number of hydrogen-bond donors (Lipinski definition) is 1. The van der Waals surface area contributed by atoms with Gasteiger partial charge in [0.15, 0.2) is 0 Å². The molecular weight excluding hydrogens is 268 g/mol. The molecule has 2 rings (SSSR count). The molecule has 0 radical (unpaired) electrons. The van der Waals surface area contributed by atoms with Gasteiger partial charge in [-0.1, -0.05) is 33.1 Å². The molecule has 1 aromatic carbocycles. The van der Waals surface area contributed by atoms with E-state index in [-0.39, 0.29) is 11.6 Å². The van der Waals surface area contributed by atoms with E-state index in [1.807, 2.05) is 0 Å². The van der Waals surface area contributed by atoms with Crippen LogP contribution in [0.1, 0.15) is 51.5 Å². The highest BCUT2D eigenvalue weighted by Gasteiger charge is 2.25. The standard InChI is InChI=1S/C18H27F2N/c1-13(2)21-12-15-7-5-3-4-6-14(15)10-16-11-17(19)8-9-18(16)20/h8-9,11,13-15,21H,3-7,10,12H2,1-2H3. The molecule has 0 amide bonds. The minimum absolute atomic E-state index is 0.267. The van der Waals surface area contributed by atoms with E-state index in [4.69, 9.17) is 0 Å². The molecular formula is C18H27F2N. The Bertz CT molecular complexity index is 445. The number of hydrogen-bond acceptors (Lipinski definition) is 1. The first-order chi connectivity index (χ1) is 10.1. The van der Waals surface area contributed by atoms with Gasteiger partial charge in [0.2, 0.25) is 0 Å². The Kier molecular flexibility index (Phi) is 6.16. The number of rotatable bonds is 5. The summed E-state index contributed by atoms with van der Waals surface area (Å²) >= 11 is 0. The highest BCUT2D eigenvalue weighted by atomic mass is 19.1. The molecule has 1 aliphatic rings. The van der Waals surface area contributed by atoms with Crippen LogP contribution in [0.2, 0.25) is 0 Å². The van der Waals surface area contributed by atoms with Crippen molar-refractivity contribution < 1.29 is 8.78 Å². The van der Waals surface area contributed by atoms with Crippen LogP contribution in [-0.4, -0.2) is 12.6 Å². The molecule has 0 bridgehead atoms. The van der Waals surface area contributed by atoms with Gasteiger partial charge in [0.1, 0.15) is 11.6 Å². The highest BCUT2D eigenvalue weighted by Crippen LogP contribution is 2.32. The average Bonchev–Trinajstić information content (AvgIpc) is 2.66. The summed E-state index contributed by atoms with van der Waals surface area (Å²) in [5.74, 6) is 0.417. The van der Waals surface area contributed by atoms with Crippen molar-refractivity contribution in [1.29, 1.82) is 0 Å². The van der Waals surface area contributed by atoms with Crippen LogP contribution >= 0.6 is 0 Å². The summed E-state index contributed by atoms with van der Waals surface area (Å²) < 4.78 is 27.2. The molecule has 1 aromatic rings. The minimum Gasteiger partial charge on any atom is -0.314 e. The summed E-state index contributed by atoms with van der Waals surface area (Å²) in [5, 5.41) is 3.52. The van der Waals surface area contributed by atoms with Gasteiger partial charge in [-0.2, -0.15) is 0 Å². The van der Waals surface area contributed by atoms with Gasteiger partial charge in [0, 0.05) is 6.04 Å². The van der Waals surface area contributed by atoms with Gasteiger partial charge in [-0.3, -0.25) is 0 Å². The zero-order valence-corrected chi connectivity index (χ0v) is 13.2. The summed E-state index contributed by atoms with van der Waals surface area (Å²) in [6.07, 6.45) is 6.71. The zero-order valence-electron chi connectivity index (χ0n) is 13.2. The minimum atomic E-state index is -0.336. The molecule has 2 unspecified atom stereocenters. The van der Waals surface area contributed by atoms with E-state index in [1.54, 1.807) is 0 Å². The molecule has 1 aliphatic carbocycles. The van der Waals surface area contributed by atoms with E-state index in [9.17, 15) is 8.78 Å². The van der Waals surface area contributed by atoms with E-state index in [0.29, 0.717) is 29.9 Å². The van der Waals surface area contributed by atoms with E-state index in [1.165, 1.54) is 43.9 Å². The molecule has 0 saturated heterocycles. The quantitative estimate of drug-likeness (QED) is 0.776. The van der Waals surface area contributed by atoms with Crippen LogP contribution in [0.4, 0.5) is 8.78 Å². The van der Waals surface area contributed by atoms with E-state index >= 15 is 0 Å². The second kappa shape index (κ2) is 7.88. The Morgan fingerprint density at radius 2 is 1.81 bits per heavy atom. The van der Waals surface area contributed by atoms with Crippen molar-refractivity contribution in [2.45, 2.75) is 58.4 Å². The van der Waals surface area contributed by atoms with Crippen molar-refractivity contribution in [3.8, 4) is 0 Å². The third-order valence-electron chi connectivity index (χ3n) is 4.59. The Morgan fingerprint density at radius 3 is 2.52 bits per heavy atom. The average molecular weight is 295 g/mol. The number of nitrogens with one attached hydrogen (secondary N) is 1. The summed E-state index contributed by atoms with van der Waals surface area (Å²) in [7, 11) is 0. The molecule has 0 aliphatic heterocycles. The van der Waals surface area contributed by atoms with Crippen LogP contribution in [0.15, 0.2) is 18.2 Å². The topological polar surface area (TPSA) is 12.0 Å². The third-order valence-corrected chi connectivity index (χ3v) is 4.59. The summed E-state index contributed by atoms with van der Waals surface area (Å²) in [5.41, 5.74) is 0.538. The second-order valence-corrected chi connectivity index (χ2v) is 6.66. The molecule has 3 heteroatoms. The van der Waals surface area contributed by atoms with Crippen LogP contribution < -0.4 is 5.32 Å². The molecule has 1 fully saturated rings. The Labute approximate surface area is 127 Å². The molecule has 0 aromatic heterocycles. The van der Waals surface area contributed by atoms with Crippen LogP contribution in [0.5, 0.6) is 0 Å². The largest absolute Gasteiger partial charge is 0.314 e. The maximum Gasteiger partial charge on any atom is 0.126 e. The zero-order chi connectivity index (χ0) is 15.2. The molecule has 2 atom stereocenters. The van der Waals surface area contributed by atoms with Gasteiger partial charge in [-0.25, -0.2) is 8.78 Å².